The third-order valence-electron chi connectivity index (χ3n) is 4.34. The molecule has 1 aliphatic carbocycles. The summed E-state index contributed by atoms with van der Waals surface area (Å²) < 4.78 is 11.4. The maximum atomic E-state index is 5.83. The number of hydrogen-bond acceptors (Lipinski definition) is 3. The number of benzene rings is 1. The summed E-state index contributed by atoms with van der Waals surface area (Å²) in [5.41, 5.74) is 1.37. The highest BCUT2D eigenvalue weighted by molar-refractivity contribution is 5.29. The molecule has 1 saturated carbocycles. The number of ether oxygens (including phenoxy) is 2. The molecule has 1 heterocycles. The van der Waals surface area contributed by atoms with Crippen molar-refractivity contribution < 1.29 is 9.47 Å². The van der Waals surface area contributed by atoms with Crippen LogP contribution in [0.1, 0.15) is 50.6 Å². The fraction of sp³-hybridized carbons (Fsp3) is 0.667. The van der Waals surface area contributed by atoms with Crippen molar-refractivity contribution in [2.45, 2.75) is 51.2 Å². The monoisotopic (exact) mass is 289 g/mol. The fourth-order valence-electron chi connectivity index (χ4n) is 2.92. The topological polar surface area (TPSA) is 30.5 Å². The number of hydrogen-bond donors (Lipinski definition) is 1. The molecule has 0 radical (unpaired) electrons. The summed E-state index contributed by atoms with van der Waals surface area (Å²) in [6, 6.07) is 9.13. The summed E-state index contributed by atoms with van der Waals surface area (Å²) in [6.45, 7) is 5.14. The third kappa shape index (κ3) is 4.45. The van der Waals surface area contributed by atoms with E-state index < -0.39 is 0 Å². The highest BCUT2D eigenvalue weighted by Crippen LogP contribution is 2.30. The van der Waals surface area contributed by atoms with Crippen LogP contribution in [-0.2, 0) is 4.74 Å². The number of rotatable bonds is 8. The molecular formula is C18H27NO2. The first-order valence-corrected chi connectivity index (χ1v) is 8.43. The van der Waals surface area contributed by atoms with Crippen LogP contribution in [0.15, 0.2) is 24.3 Å². The van der Waals surface area contributed by atoms with E-state index in [2.05, 4.69) is 36.5 Å². The van der Waals surface area contributed by atoms with Crippen molar-refractivity contribution in [1.29, 1.82) is 0 Å². The van der Waals surface area contributed by atoms with E-state index in [9.17, 15) is 0 Å². The molecule has 1 saturated heterocycles. The second-order valence-corrected chi connectivity index (χ2v) is 6.36. The normalized spacial score (nSPS) is 23.2. The summed E-state index contributed by atoms with van der Waals surface area (Å²) >= 11 is 0. The Kier molecular flexibility index (Phi) is 5.15. The molecule has 2 fully saturated rings. The Morgan fingerprint density at radius 1 is 1.24 bits per heavy atom. The minimum Gasteiger partial charge on any atom is -0.490 e. The Balaban J connectivity index is 1.62. The molecule has 21 heavy (non-hydrogen) atoms. The smallest absolute Gasteiger partial charge is 0.119 e. The van der Waals surface area contributed by atoms with Crippen LogP contribution < -0.4 is 10.1 Å². The zero-order valence-corrected chi connectivity index (χ0v) is 13.0. The van der Waals surface area contributed by atoms with Crippen molar-refractivity contribution in [3.8, 4) is 5.75 Å². The van der Waals surface area contributed by atoms with Crippen molar-refractivity contribution in [3.63, 3.8) is 0 Å². The van der Waals surface area contributed by atoms with E-state index in [1.807, 2.05) is 0 Å². The van der Waals surface area contributed by atoms with E-state index in [0.29, 0.717) is 18.1 Å². The first-order valence-electron chi connectivity index (χ1n) is 8.43. The van der Waals surface area contributed by atoms with Gasteiger partial charge < -0.3 is 14.8 Å². The van der Waals surface area contributed by atoms with Gasteiger partial charge in [0.25, 0.3) is 0 Å². The average Bonchev–Trinajstić information content (AvgIpc) is 3.17. The Labute approximate surface area is 128 Å². The first kappa shape index (κ1) is 14.9. The van der Waals surface area contributed by atoms with Gasteiger partial charge in [-0.2, -0.15) is 0 Å². The van der Waals surface area contributed by atoms with Crippen LogP contribution in [0.5, 0.6) is 5.75 Å². The van der Waals surface area contributed by atoms with Crippen LogP contribution in [0.4, 0.5) is 0 Å². The molecule has 0 amide bonds. The zero-order chi connectivity index (χ0) is 14.5. The predicted octanol–water partition coefficient (Wildman–Crippen LogP) is 3.70. The van der Waals surface area contributed by atoms with Gasteiger partial charge >= 0.3 is 0 Å². The van der Waals surface area contributed by atoms with Gasteiger partial charge in [-0.15, -0.1) is 0 Å². The Morgan fingerprint density at radius 2 is 2.05 bits per heavy atom. The molecular weight excluding hydrogens is 262 g/mol. The van der Waals surface area contributed by atoms with Gasteiger partial charge in [0.1, 0.15) is 5.75 Å². The van der Waals surface area contributed by atoms with Crippen molar-refractivity contribution in [3.05, 3.63) is 29.8 Å². The van der Waals surface area contributed by atoms with Crippen LogP contribution in [0.3, 0.4) is 0 Å². The lowest BCUT2D eigenvalue weighted by molar-refractivity contribution is 0.181. The van der Waals surface area contributed by atoms with E-state index >= 15 is 0 Å². The maximum Gasteiger partial charge on any atom is 0.119 e. The second kappa shape index (κ2) is 7.28. The van der Waals surface area contributed by atoms with Crippen LogP contribution in [0.25, 0.3) is 0 Å². The molecule has 1 aromatic carbocycles. The maximum absolute atomic E-state index is 5.83. The van der Waals surface area contributed by atoms with Crippen molar-refractivity contribution in [1.82, 2.24) is 5.32 Å². The van der Waals surface area contributed by atoms with Gasteiger partial charge in [0.2, 0.25) is 0 Å². The molecule has 116 valence electrons. The average molecular weight is 289 g/mol. The fourth-order valence-corrected chi connectivity index (χ4v) is 2.92. The summed E-state index contributed by atoms with van der Waals surface area (Å²) in [5, 5.41) is 3.69. The van der Waals surface area contributed by atoms with E-state index in [0.717, 1.165) is 25.5 Å². The lowest BCUT2D eigenvalue weighted by atomic mass is 9.94. The SMILES string of the molecule is CCCNC(CC1CCOC1)c1ccc(OC2CC2)cc1. The Bertz CT molecular complexity index is 421. The molecule has 0 aromatic heterocycles. The highest BCUT2D eigenvalue weighted by atomic mass is 16.5. The van der Waals surface area contributed by atoms with E-state index in [1.165, 1.54) is 37.7 Å². The molecule has 3 heteroatoms. The number of nitrogens with one attached hydrogen (secondary N) is 1. The highest BCUT2D eigenvalue weighted by Gasteiger charge is 2.24. The largest absolute Gasteiger partial charge is 0.490 e. The zero-order valence-electron chi connectivity index (χ0n) is 13.0. The lowest BCUT2D eigenvalue weighted by Crippen LogP contribution is -2.24. The van der Waals surface area contributed by atoms with Gasteiger partial charge in [-0.25, -0.2) is 0 Å². The van der Waals surface area contributed by atoms with Crippen LogP contribution in [0, 0.1) is 5.92 Å². The summed E-state index contributed by atoms with van der Waals surface area (Å²) in [4.78, 5) is 0. The van der Waals surface area contributed by atoms with Gasteiger partial charge in [0, 0.05) is 19.3 Å². The third-order valence-corrected chi connectivity index (χ3v) is 4.34. The van der Waals surface area contributed by atoms with Crippen LogP contribution >= 0.6 is 0 Å². The molecule has 2 atom stereocenters. The van der Waals surface area contributed by atoms with E-state index in [1.54, 1.807) is 0 Å². The van der Waals surface area contributed by atoms with Crippen molar-refractivity contribution >= 4 is 0 Å². The van der Waals surface area contributed by atoms with Crippen molar-refractivity contribution in [2.75, 3.05) is 19.8 Å². The molecule has 2 unspecified atom stereocenters. The van der Waals surface area contributed by atoms with Crippen LogP contribution in [0.2, 0.25) is 0 Å². The van der Waals surface area contributed by atoms with Crippen molar-refractivity contribution in [2.24, 2.45) is 5.92 Å². The van der Waals surface area contributed by atoms with Crippen LogP contribution in [-0.4, -0.2) is 25.9 Å². The molecule has 2 aliphatic rings. The quantitative estimate of drug-likeness (QED) is 0.791. The molecule has 3 rings (SSSR count). The minimum atomic E-state index is 0.437. The molecule has 3 nitrogen and oxygen atoms in total. The van der Waals surface area contributed by atoms with E-state index in [4.69, 9.17) is 9.47 Å². The molecule has 1 aliphatic heterocycles. The van der Waals surface area contributed by atoms with E-state index in [-0.39, 0.29) is 0 Å². The second-order valence-electron chi connectivity index (χ2n) is 6.36. The molecule has 0 spiro atoms. The predicted molar refractivity (Wildman–Crippen MR) is 84.7 cm³/mol. The minimum absolute atomic E-state index is 0.437. The first-order chi connectivity index (χ1) is 10.3. The lowest BCUT2D eigenvalue weighted by Gasteiger charge is -2.22. The van der Waals surface area contributed by atoms with Gasteiger partial charge in [-0.05, 0) is 62.3 Å². The van der Waals surface area contributed by atoms with Gasteiger partial charge in [0.05, 0.1) is 6.10 Å². The summed E-state index contributed by atoms with van der Waals surface area (Å²) in [6.07, 6.45) is 6.44. The van der Waals surface area contributed by atoms with Gasteiger partial charge in [0.15, 0.2) is 0 Å². The summed E-state index contributed by atoms with van der Waals surface area (Å²) in [7, 11) is 0. The standard InChI is InChI=1S/C18H27NO2/c1-2-10-19-18(12-14-9-11-20-13-14)15-3-5-16(6-4-15)21-17-7-8-17/h3-6,14,17-19H,2,7-13H2,1H3. The van der Waals surface area contributed by atoms with Gasteiger partial charge in [-0.3, -0.25) is 0 Å². The molecule has 1 N–H and O–H groups in total. The Morgan fingerprint density at radius 3 is 2.67 bits per heavy atom. The molecule has 1 aromatic rings. The summed E-state index contributed by atoms with van der Waals surface area (Å²) in [5.74, 6) is 1.71. The molecule has 0 bridgehead atoms. The Hall–Kier alpha value is -1.06. The van der Waals surface area contributed by atoms with Gasteiger partial charge in [-0.1, -0.05) is 19.1 Å².